The summed E-state index contributed by atoms with van der Waals surface area (Å²) in [5, 5.41) is 0. The fourth-order valence-electron chi connectivity index (χ4n) is 6.40. The molecule has 4 rings (SSSR count). The average Bonchev–Trinajstić information content (AvgIpc) is 2.81. The predicted octanol–water partition coefficient (Wildman–Crippen LogP) is 7.61. The Morgan fingerprint density at radius 2 is 1.45 bits per heavy atom. The number of benzene rings is 1. The van der Waals surface area contributed by atoms with E-state index in [-0.39, 0.29) is 0 Å². The number of aryl methyl sites for hydroxylation is 1. The van der Waals surface area contributed by atoms with Gasteiger partial charge < -0.3 is 4.74 Å². The summed E-state index contributed by atoms with van der Waals surface area (Å²) in [5.41, 5.74) is 2.72. The van der Waals surface area contributed by atoms with Crippen LogP contribution >= 0.6 is 0 Å². The monoisotopic (exact) mass is 428 g/mol. The van der Waals surface area contributed by atoms with Gasteiger partial charge in [-0.1, -0.05) is 19.1 Å². The Morgan fingerprint density at radius 1 is 0.806 bits per heavy atom. The zero-order valence-electron chi connectivity index (χ0n) is 20.1. The molecule has 3 heteroatoms. The number of hydrogen-bond acceptors (Lipinski definition) is 3. The lowest BCUT2D eigenvalue weighted by atomic mass is 9.68. The standard InChI is InChI=1S/C28H44O3/c1-20-4-16-27(17-5-20)31-30-19-22-7-10-23(11-8-22)24-12-14-25(15-13-24)26-9-6-21(2)28(18-26)29-3/h6,9,18,20,22-25,27H,4-5,7-8,10-17,19H2,1-3H3. The molecule has 0 atom stereocenters. The Morgan fingerprint density at radius 3 is 2.10 bits per heavy atom. The molecular formula is C28H44O3. The summed E-state index contributed by atoms with van der Waals surface area (Å²) in [7, 11) is 1.78. The fourth-order valence-corrected chi connectivity index (χ4v) is 6.40. The van der Waals surface area contributed by atoms with Crippen LogP contribution < -0.4 is 4.74 Å². The van der Waals surface area contributed by atoms with Gasteiger partial charge in [-0.15, -0.1) is 0 Å². The first-order chi connectivity index (χ1) is 15.1. The predicted molar refractivity (Wildman–Crippen MR) is 126 cm³/mol. The van der Waals surface area contributed by atoms with Gasteiger partial charge in [0.25, 0.3) is 0 Å². The van der Waals surface area contributed by atoms with E-state index < -0.39 is 0 Å². The maximum Gasteiger partial charge on any atom is 0.122 e. The Labute approximate surface area is 190 Å². The molecule has 1 aromatic carbocycles. The normalized spacial score (nSPS) is 34.4. The molecule has 0 aromatic heterocycles. The lowest BCUT2D eigenvalue weighted by molar-refractivity contribution is -0.336. The highest BCUT2D eigenvalue weighted by molar-refractivity contribution is 5.38. The fraction of sp³-hybridized carbons (Fsp3) is 0.786. The van der Waals surface area contributed by atoms with Gasteiger partial charge in [0, 0.05) is 0 Å². The molecular weight excluding hydrogens is 384 g/mol. The second kappa shape index (κ2) is 11.2. The van der Waals surface area contributed by atoms with Crippen LogP contribution in [0, 0.1) is 30.6 Å². The van der Waals surface area contributed by atoms with Crippen molar-refractivity contribution in [3.8, 4) is 5.75 Å². The SMILES string of the molecule is COc1cc(C2CCC(C3CCC(COOC4CCC(C)CC4)CC3)CC2)ccc1C. The van der Waals surface area contributed by atoms with Gasteiger partial charge in [0.2, 0.25) is 0 Å². The van der Waals surface area contributed by atoms with Crippen LogP contribution in [0.25, 0.3) is 0 Å². The van der Waals surface area contributed by atoms with Gasteiger partial charge in [-0.05, 0) is 131 Å². The molecule has 3 aliphatic carbocycles. The van der Waals surface area contributed by atoms with Crippen LogP contribution in [0.4, 0.5) is 0 Å². The largest absolute Gasteiger partial charge is 0.496 e. The third-order valence-electron chi connectivity index (χ3n) is 8.70. The quantitative estimate of drug-likeness (QED) is 0.330. The lowest BCUT2D eigenvalue weighted by Crippen LogP contribution is -2.27. The molecule has 0 heterocycles. The third kappa shape index (κ3) is 6.26. The second-order valence-corrected chi connectivity index (χ2v) is 10.9. The number of ether oxygens (including phenoxy) is 1. The summed E-state index contributed by atoms with van der Waals surface area (Å²) in [6.07, 6.45) is 16.2. The molecule has 3 nitrogen and oxygen atoms in total. The minimum Gasteiger partial charge on any atom is -0.496 e. The Bertz CT molecular complexity index is 663. The Hall–Kier alpha value is -1.06. The van der Waals surface area contributed by atoms with E-state index in [2.05, 4.69) is 32.0 Å². The molecule has 0 amide bonds. The highest BCUT2D eigenvalue weighted by Crippen LogP contribution is 2.44. The van der Waals surface area contributed by atoms with Crippen LogP contribution in [0.5, 0.6) is 5.75 Å². The zero-order chi connectivity index (χ0) is 21.6. The minimum absolute atomic E-state index is 0.344. The molecule has 0 spiro atoms. The molecule has 174 valence electrons. The number of rotatable bonds is 7. The molecule has 3 saturated carbocycles. The van der Waals surface area contributed by atoms with Crippen molar-refractivity contribution in [2.75, 3.05) is 13.7 Å². The van der Waals surface area contributed by atoms with Gasteiger partial charge in [-0.25, -0.2) is 9.78 Å². The highest BCUT2D eigenvalue weighted by atomic mass is 17.2. The van der Waals surface area contributed by atoms with Gasteiger partial charge in [0.05, 0.1) is 19.8 Å². The van der Waals surface area contributed by atoms with E-state index in [0.29, 0.717) is 12.0 Å². The van der Waals surface area contributed by atoms with Gasteiger partial charge in [0.15, 0.2) is 0 Å². The summed E-state index contributed by atoms with van der Waals surface area (Å²) in [6.45, 7) is 5.28. The van der Waals surface area contributed by atoms with E-state index in [1.165, 1.54) is 88.2 Å². The van der Waals surface area contributed by atoms with Crippen molar-refractivity contribution < 1.29 is 14.5 Å². The summed E-state index contributed by atoms with van der Waals surface area (Å²) < 4.78 is 5.55. The van der Waals surface area contributed by atoms with Crippen LogP contribution in [0.2, 0.25) is 0 Å². The first-order valence-electron chi connectivity index (χ1n) is 13.0. The molecule has 0 saturated heterocycles. The first-order valence-corrected chi connectivity index (χ1v) is 13.0. The number of hydrogen-bond donors (Lipinski definition) is 0. The van der Waals surface area contributed by atoms with Crippen molar-refractivity contribution in [1.29, 1.82) is 0 Å². The molecule has 31 heavy (non-hydrogen) atoms. The van der Waals surface area contributed by atoms with E-state index in [4.69, 9.17) is 14.5 Å². The van der Waals surface area contributed by atoms with Crippen LogP contribution in [0.3, 0.4) is 0 Å². The Kier molecular flexibility index (Phi) is 8.34. The summed E-state index contributed by atoms with van der Waals surface area (Å²) in [6, 6.07) is 6.83. The van der Waals surface area contributed by atoms with E-state index in [1.807, 2.05) is 0 Å². The molecule has 0 bridgehead atoms. The van der Waals surface area contributed by atoms with Gasteiger partial charge in [-0.3, -0.25) is 0 Å². The smallest absolute Gasteiger partial charge is 0.122 e. The van der Waals surface area contributed by atoms with E-state index in [9.17, 15) is 0 Å². The molecule has 0 unspecified atom stereocenters. The van der Waals surface area contributed by atoms with E-state index >= 15 is 0 Å². The van der Waals surface area contributed by atoms with Crippen LogP contribution in [-0.4, -0.2) is 19.8 Å². The summed E-state index contributed by atoms with van der Waals surface area (Å²) >= 11 is 0. The molecule has 3 aliphatic rings. The van der Waals surface area contributed by atoms with Crippen LogP contribution in [-0.2, 0) is 9.78 Å². The summed E-state index contributed by atoms with van der Waals surface area (Å²) in [5.74, 6) is 5.20. The minimum atomic E-state index is 0.344. The average molecular weight is 429 g/mol. The maximum absolute atomic E-state index is 5.75. The van der Waals surface area contributed by atoms with Crippen molar-refractivity contribution >= 4 is 0 Å². The second-order valence-electron chi connectivity index (χ2n) is 10.9. The van der Waals surface area contributed by atoms with E-state index in [1.54, 1.807) is 7.11 Å². The van der Waals surface area contributed by atoms with Gasteiger partial charge in [-0.2, -0.15) is 0 Å². The lowest BCUT2D eigenvalue weighted by Gasteiger charge is -2.38. The van der Waals surface area contributed by atoms with Crippen molar-refractivity contribution in [1.82, 2.24) is 0 Å². The van der Waals surface area contributed by atoms with Crippen molar-refractivity contribution in [3.05, 3.63) is 29.3 Å². The maximum atomic E-state index is 5.75. The first kappa shape index (κ1) is 23.1. The van der Waals surface area contributed by atoms with Crippen molar-refractivity contribution in [3.63, 3.8) is 0 Å². The highest BCUT2D eigenvalue weighted by Gasteiger charge is 2.31. The molecule has 0 aliphatic heterocycles. The van der Waals surface area contributed by atoms with Gasteiger partial charge >= 0.3 is 0 Å². The third-order valence-corrected chi connectivity index (χ3v) is 8.70. The number of methoxy groups -OCH3 is 1. The van der Waals surface area contributed by atoms with E-state index in [0.717, 1.165) is 36.0 Å². The van der Waals surface area contributed by atoms with Gasteiger partial charge in [0.1, 0.15) is 5.75 Å². The molecule has 0 radical (unpaired) electrons. The van der Waals surface area contributed by atoms with Crippen molar-refractivity contribution in [2.24, 2.45) is 23.7 Å². The summed E-state index contributed by atoms with van der Waals surface area (Å²) in [4.78, 5) is 11.5. The molecule has 3 fully saturated rings. The Balaban J connectivity index is 1.14. The van der Waals surface area contributed by atoms with Crippen LogP contribution in [0.15, 0.2) is 18.2 Å². The van der Waals surface area contributed by atoms with Crippen molar-refractivity contribution in [2.45, 2.75) is 103 Å². The molecule has 0 N–H and O–H groups in total. The topological polar surface area (TPSA) is 27.7 Å². The molecule has 1 aromatic rings. The van der Waals surface area contributed by atoms with Crippen LogP contribution in [0.1, 0.15) is 101 Å². The zero-order valence-corrected chi connectivity index (χ0v) is 20.1.